The van der Waals surface area contributed by atoms with Crippen LogP contribution < -0.4 is 0 Å². The van der Waals surface area contributed by atoms with E-state index in [1.807, 2.05) is 19.0 Å². The lowest BCUT2D eigenvalue weighted by molar-refractivity contribution is -0.161. The van der Waals surface area contributed by atoms with Crippen molar-refractivity contribution >= 4 is 19.8 Å². The van der Waals surface area contributed by atoms with Gasteiger partial charge in [0.15, 0.2) is 6.10 Å². The van der Waals surface area contributed by atoms with Crippen molar-refractivity contribution in [3.8, 4) is 0 Å². The van der Waals surface area contributed by atoms with E-state index in [0.717, 1.165) is 119 Å². The molecule has 0 aliphatic rings. The third-order valence-electron chi connectivity index (χ3n) is 10.2. The molecule has 0 bridgehead atoms. The fraction of sp³-hybridized carbons (Fsp3) is 0.773. The van der Waals surface area contributed by atoms with Gasteiger partial charge >= 0.3 is 19.8 Å². The van der Waals surface area contributed by atoms with Crippen molar-refractivity contribution in [1.29, 1.82) is 0 Å². The molecule has 0 saturated carbocycles. The van der Waals surface area contributed by atoms with Gasteiger partial charge in [-0.25, -0.2) is 4.57 Å². The highest BCUT2D eigenvalue weighted by molar-refractivity contribution is 7.47. The molecule has 322 valence electrons. The van der Waals surface area contributed by atoms with E-state index in [1.165, 1.54) is 36.0 Å². The number of nitrogens with zero attached hydrogens (tertiary/aromatic N) is 1. The van der Waals surface area contributed by atoms with Crippen molar-refractivity contribution in [2.24, 2.45) is 0 Å². The predicted molar refractivity (Wildman–Crippen MR) is 222 cm³/mol. The van der Waals surface area contributed by atoms with Gasteiger partial charge in [-0.05, 0) is 96.1 Å². The molecule has 0 spiro atoms. The minimum absolute atomic E-state index is 0.00798. The number of phosphoric ester groups is 1. The number of phosphoric acid groups is 1. The summed E-state index contributed by atoms with van der Waals surface area (Å²) < 4.78 is 45.8. The van der Waals surface area contributed by atoms with Gasteiger partial charge in [0, 0.05) is 45.1 Å². The molecule has 1 unspecified atom stereocenters. The first-order valence-corrected chi connectivity index (χ1v) is 23.1. The Balaban J connectivity index is 1.67. The van der Waals surface area contributed by atoms with Gasteiger partial charge in [-0.1, -0.05) is 78.1 Å². The van der Waals surface area contributed by atoms with Gasteiger partial charge in [0.25, 0.3) is 0 Å². The number of likely N-dealkylation sites (N-methyl/N-ethyl adjacent to an activating group) is 1. The second kappa shape index (κ2) is 28.9. The minimum Gasteiger partial charge on any atom is -0.466 e. The smallest absolute Gasteiger partial charge is 0.466 e. The average Bonchev–Trinajstić information content (AvgIpc) is 3.64. The van der Waals surface area contributed by atoms with Gasteiger partial charge in [0.2, 0.25) is 0 Å². The molecule has 0 fully saturated rings. The Bertz CT molecular complexity index is 1420. The summed E-state index contributed by atoms with van der Waals surface area (Å²) in [5, 5.41) is 0. The maximum atomic E-state index is 12.7. The highest BCUT2D eigenvalue weighted by Gasteiger charge is 2.26. The van der Waals surface area contributed by atoms with Gasteiger partial charge in [0.05, 0.1) is 13.2 Å². The van der Waals surface area contributed by atoms with Crippen molar-refractivity contribution in [1.82, 2.24) is 4.90 Å². The number of hydrogen-bond donors (Lipinski definition) is 1. The minimum atomic E-state index is -4.39. The molecule has 0 amide bonds. The quantitative estimate of drug-likeness (QED) is 0.0411. The van der Waals surface area contributed by atoms with Crippen LogP contribution in [0.2, 0.25) is 0 Å². The van der Waals surface area contributed by atoms with Crippen molar-refractivity contribution < 1.29 is 46.4 Å². The third-order valence-corrected chi connectivity index (χ3v) is 11.2. The van der Waals surface area contributed by atoms with Crippen molar-refractivity contribution in [2.45, 2.75) is 182 Å². The van der Waals surface area contributed by atoms with Crippen LogP contribution in [0, 0.1) is 20.8 Å². The van der Waals surface area contributed by atoms with E-state index >= 15 is 0 Å². The second-order valence-electron chi connectivity index (χ2n) is 15.7. The number of carbonyl (C=O) groups excluding carboxylic acids is 2. The Morgan fingerprint density at radius 1 is 0.679 bits per heavy atom. The summed E-state index contributed by atoms with van der Waals surface area (Å²) in [5.41, 5.74) is 3.82. The van der Waals surface area contributed by atoms with Crippen LogP contribution in [0.5, 0.6) is 0 Å². The first-order valence-electron chi connectivity index (χ1n) is 21.6. The maximum Gasteiger partial charge on any atom is 0.472 e. The summed E-state index contributed by atoms with van der Waals surface area (Å²) in [7, 11) is -0.755. The van der Waals surface area contributed by atoms with Crippen LogP contribution >= 0.6 is 7.82 Å². The Morgan fingerprint density at radius 3 is 1.84 bits per heavy atom. The lowest BCUT2D eigenvalue weighted by Gasteiger charge is -2.20. The average molecular weight is 810 g/mol. The fourth-order valence-electron chi connectivity index (χ4n) is 6.63. The van der Waals surface area contributed by atoms with Crippen LogP contribution in [0.25, 0.3) is 0 Å². The normalized spacial score (nSPS) is 13.3. The van der Waals surface area contributed by atoms with Gasteiger partial charge in [-0.2, -0.15) is 0 Å². The molecule has 1 N–H and O–H groups in total. The first kappa shape index (κ1) is 49.7. The molecule has 0 aromatic carbocycles. The van der Waals surface area contributed by atoms with Gasteiger partial charge in [-0.3, -0.25) is 18.6 Å². The molecule has 2 rings (SSSR count). The van der Waals surface area contributed by atoms with Gasteiger partial charge in [0.1, 0.15) is 29.6 Å². The van der Waals surface area contributed by atoms with Crippen LogP contribution in [-0.4, -0.2) is 68.3 Å². The number of ether oxygens (including phenoxy) is 2. The number of hydrogen-bond acceptors (Lipinski definition) is 10. The van der Waals surface area contributed by atoms with E-state index < -0.39 is 32.5 Å². The largest absolute Gasteiger partial charge is 0.472 e. The van der Waals surface area contributed by atoms with E-state index in [4.69, 9.17) is 27.4 Å². The Morgan fingerprint density at radius 2 is 1.23 bits per heavy atom. The lowest BCUT2D eigenvalue weighted by Crippen LogP contribution is -2.29. The standard InChI is InChI=1S/C44H76NO10P/c1-8-10-19-25-38-32-35(3)40(53-38)26-20-15-11-13-17-22-28-43(46)50-33-39(34-52-56(48,49)51-31-30-45(6)7)54-44(47)29-23-18-14-12-16-21-27-42-37(5)36(4)41(55-42)24-9-2/h32,39H,8-31,33-34H2,1-7H3,(H,48,49)/t39-/m1/s1. The fourth-order valence-corrected chi connectivity index (χ4v) is 7.37. The first-order chi connectivity index (χ1) is 26.8. The number of esters is 2. The molecule has 0 radical (unpaired) electrons. The Labute approximate surface area is 338 Å². The number of carbonyl (C=O) groups is 2. The van der Waals surface area contributed by atoms with E-state index in [1.54, 1.807) is 0 Å². The molecule has 2 atom stereocenters. The molecule has 0 aliphatic carbocycles. The second-order valence-corrected chi connectivity index (χ2v) is 17.1. The van der Waals surface area contributed by atoms with Gasteiger partial charge in [-0.15, -0.1) is 0 Å². The summed E-state index contributed by atoms with van der Waals surface area (Å²) in [6.07, 6.45) is 19.8. The predicted octanol–water partition coefficient (Wildman–Crippen LogP) is 10.9. The van der Waals surface area contributed by atoms with E-state index in [2.05, 4.69) is 40.7 Å². The van der Waals surface area contributed by atoms with E-state index in [-0.39, 0.29) is 26.1 Å². The van der Waals surface area contributed by atoms with E-state index in [0.29, 0.717) is 19.4 Å². The summed E-state index contributed by atoms with van der Waals surface area (Å²) in [6, 6.07) is 2.19. The van der Waals surface area contributed by atoms with E-state index in [9.17, 15) is 19.0 Å². The Hall–Kier alpha value is -2.43. The molecular formula is C44H76NO10P. The van der Waals surface area contributed by atoms with Crippen molar-refractivity contribution in [2.75, 3.05) is 40.5 Å². The highest BCUT2D eigenvalue weighted by atomic mass is 31.2. The summed E-state index contributed by atoms with van der Waals surface area (Å²) in [6.45, 7) is 10.5. The number of furan rings is 2. The zero-order valence-corrected chi connectivity index (χ0v) is 36.9. The molecule has 12 heteroatoms. The summed E-state index contributed by atoms with van der Waals surface area (Å²) in [5.74, 6) is 3.59. The molecule has 2 aromatic heterocycles. The van der Waals surface area contributed by atoms with Crippen molar-refractivity contribution in [3.63, 3.8) is 0 Å². The molecule has 2 heterocycles. The third kappa shape index (κ3) is 21.9. The zero-order chi connectivity index (χ0) is 41.2. The van der Waals surface area contributed by atoms with Gasteiger partial charge < -0.3 is 28.1 Å². The lowest BCUT2D eigenvalue weighted by atomic mass is 10.0. The molecular weight excluding hydrogens is 733 g/mol. The Kier molecular flexibility index (Phi) is 25.6. The molecule has 0 aliphatic heterocycles. The zero-order valence-electron chi connectivity index (χ0n) is 36.1. The van der Waals surface area contributed by atoms with Crippen LogP contribution in [0.15, 0.2) is 14.9 Å². The highest BCUT2D eigenvalue weighted by Crippen LogP contribution is 2.43. The molecule has 2 aromatic rings. The van der Waals surface area contributed by atoms with Crippen molar-refractivity contribution in [3.05, 3.63) is 45.8 Å². The summed E-state index contributed by atoms with van der Waals surface area (Å²) >= 11 is 0. The molecule has 56 heavy (non-hydrogen) atoms. The van der Waals surface area contributed by atoms with Crippen LogP contribution in [0.4, 0.5) is 0 Å². The molecule has 11 nitrogen and oxygen atoms in total. The van der Waals surface area contributed by atoms with Crippen LogP contribution in [0.1, 0.15) is 169 Å². The molecule has 0 saturated heterocycles. The number of rotatable bonds is 34. The van der Waals surface area contributed by atoms with Crippen LogP contribution in [-0.2, 0) is 58.4 Å². The monoisotopic (exact) mass is 810 g/mol. The SMILES string of the molecule is CCCCCc1cc(C)c(CCCCCCCCC(=O)OC[C@H](COP(=O)(O)OCCN(C)C)OC(=O)CCCCCCCCc2oc(CCC)c(C)c2C)o1. The topological polar surface area (TPSA) is 138 Å². The van der Waals surface area contributed by atoms with Crippen LogP contribution in [0.3, 0.4) is 0 Å². The number of aryl methyl sites for hydroxylation is 5. The summed E-state index contributed by atoms with van der Waals surface area (Å²) in [4.78, 5) is 37.2. The number of unbranched alkanes of at least 4 members (excludes halogenated alkanes) is 12. The maximum absolute atomic E-state index is 12.7.